The summed E-state index contributed by atoms with van der Waals surface area (Å²) in [4.78, 5) is 19.9. The lowest BCUT2D eigenvalue weighted by Crippen LogP contribution is -2.00. The first-order valence-electron chi connectivity index (χ1n) is 16.5. The molecule has 10 rings (SSSR count). The van der Waals surface area contributed by atoms with Gasteiger partial charge in [0.05, 0.1) is 0 Å². The zero-order valence-electron chi connectivity index (χ0n) is 26.6. The fraction of sp³-hybridized carbons (Fsp3) is 0. The number of oxazole rings is 1. The molecular formula is C44H26N4O2. The fourth-order valence-corrected chi connectivity index (χ4v) is 6.78. The average molecular weight is 643 g/mol. The molecule has 0 unspecified atom stereocenters. The first-order chi connectivity index (χ1) is 24.7. The first-order valence-corrected chi connectivity index (χ1v) is 16.5. The summed E-state index contributed by atoms with van der Waals surface area (Å²) in [6.45, 7) is 0. The van der Waals surface area contributed by atoms with Crippen molar-refractivity contribution >= 4 is 43.8 Å². The molecule has 6 heteroatoms. The van der Waals surface area contributed by atoms with Crippen molar-refractivity contribution in [1.82, 2.24) is 19.9 Å². The third-order valence-corrected chi connectivity index (χ3v) is 9.14. The molecule has 0 saturated carbocycles. The molecule has 6 nitrogen and oxygen atoms in total. The third kappa shape index (κ3) is 4.73. The van der Waals surface area contributed by atoms with Gasteiger partial charge in [0.2, 0.25) is 5.89 Å². The van der Waals surface area contributed by atoms with Gasteiger partial charge in [-0.2, -0.15) is 0 Å². The van der Waals surface area contributed by atoms with E-state index >= 15 is 0 Å². The zero-order chi connectivity index (χ0) is 33.0. The Bertz CT molecular complexity index is 2800. The Kier molecular flexibility index (Phi) is 6.39. The van der Waals surface area contributed by atoms with Crippen LogP contribution in [0.5, 0.6) is 0 Å². The number of furan rings is 1. The number of benzene rings is 7. The van der Waals surface area contributed by atoms with Crippen LogP contribution in [-0.2, 0) is 0 Å². The van der Waals surface area contributed by atoms with Crippen molar-refractivity contribution in [2.75, 3.05) is 0 Å². The lowest BCUT2D eigenvalue weighted by molar-refractivity contribution is 0.617. The molecule has 0 N–H and O–H groups in total. The van der Waals surface area contributed by atoms with E-state index in [1.54, 1.807) is 0 Å². The van der Waals surface area contributed by atoms with Crippen LogP contribution in [0.1, 0.15) is 0 Å². The second-order valence-corrected chi connectivity index (χ2v) is 12.3. The van der Waals surface area contributed by atoms with Crippen LogP contribution < -0.4 is 0 Å². The zero-order valence-corrected chi connectivity index (χ0v) is 26.6. The molecule has 3 aromatic heterocycles. The molecule has 0 atom stereocenters. The fourth-order valence-electron chi connectivity index (χ4n) is 6.78. The van der Waals surface area contributed by atoms with E-state index in [4.69, 9.17) is 28.8 Å². The molecule has 0 spiro atoms. The highest BCUT2D eigenvalue weighted by atomic mass is 16.4. The quantitative estimate of drug-likeness (QED) is 0.186. The minimum absolute atomic E-state index is 0.582. The van der Waals surface area contributed by atoms with Crippen molar-refractivity contribution in [3.8, 4) is 56.7 Å². The number of hydrogen-bond acceptors (Lipinski definition) is 6. The Morgan fingerprint density at radius 2 is 0.980 bits per heavy atom. The predicted molar refractivity (Wildman–Crippen MR) is 199 cm³/mol. The summed E-state index contributed by atoms with van der Waals surface area (Å²) < 4.78 is 12.7. The van der Waals surface area contributed by atoms with E-state index in [1.807, 2.05) is 109 Å². The number of rotatable bonds is 5. The monoisotopic (exact) mass is 642 g/mol. The molecule has 0 saturated heterocycles. The molecule has 0 aliphatic rings. The first kappa shape index (κ1) is 28.1. The summed E-state index contributed by atoms with van der Waals surface area (Å²) in [6.07, 6.45) is 0. The molecule has 50 heavy (non-hydrogen) atoms. The summed E-state index contributed by atoms with van der Waals surface area (Å²) in [7, 11) is 0. The van der Waals surface area contributed by atoms with Gasteiger partial charge in [-0.3, -0.25) is 0 Å². The van der Waals surface area contributed by atoms with E-state index in [0.717, 1.165) is 71.6 Å². The normalized spacial score (nSPS) is 11.6. The maximum Gasteiger partial charge on any atom is 0.227 e. The summed E-state index contributed by atoms with van der Waals surface area (Å²) in [6, 6.07) is 53.1. The van der Waals surface area contributed by atoms with E-state index < -0.39 is 0 Å². The molecular weight excluding hydrogens is 617 g/mol. The van der Waals surface area contributed by atoms with E-state index in [0.29, 0.717) is 28.9 Å². The predicted octanol–water partition coefficient (Wildman–Crippen LogP) is 11.4. The van der Waals surface area contributed by atoms with Gasteiger partial charge in [-0.15, -0.1) is 0 Å². The van der Waals surface area contributed by atoms with Gasteiger partial charge in [-0.25, -0.2) is 19.9 Å². The number of aromatic nitrogens is 4. The summed E-state index contributed by atoms with van der Waals surface area (Å²) in [5.41, 5.74) is 8.78. The Labute approximate surface area is 286 Å². The Hall–Kier alpha value is -6.92. The number of fused-ring (bicyclic) bond motifs is 5. The van der Waals surface area contributed by atoms with Gasteiger partial charge in [0.25, 0.3) is 0 Å². The van der Waals surface area contributed by atoms with Crippen molar-refractivity contribution in [1.29, 1.82) is 0 Å². The Morgan fingerprint density at radius 1 is 0.360 bits per heavy atom. The van der Waals surface area contributed by atoms with Crippen LogP contribution in [0.25, 0.3) is 101 Å². The molecule has 0 aliphatic carbocycles. The Morgan fingerprint density at radius 3 is 1.68 bits per heavy atom. The average Bonchev–Trinajstić information content (AvgIpc) is 3.78. The van der Waals surface area contributed by atoms with Crippen LogP contribution in [0.4, 0.5) is 0 Å². The van der Waals surface area contributed by atoms with E-state index in [-0.39, 0.29) is 0 Å². The molecule has 3 heterocycles. The summed E-state index contributed by atoms with van der Waals surface area (Å²) in [5.74, 6) is 2.43. The molecule has 0 amide bonds. The highest BCUT2D eigenvalue weighted by molar-refractivity contribution is 6.17. The number of hydrogen-bond donors (Lipinski definition) is 0. The largest absolute Gasteiger partial charge is 0.456 e. The highest BCUT2D eigenvalue weighted by Gasteiger charge is 2.20. The van der Waals surface area contributed by atoms with Gasteiger partial charge < -0.3 is 8.83 Å². The molecule has 234 valence electrons. The van der Waals surface area contributed by atoms with Crippen molar-refractivity contribution in [2.24, 2.45) is 0 Å². The van der Waals surface area contributed by atoms with Crippen molar-refractivity contribution in [3.05, 3.63) is 158 Å². The summed E-state index contributed by atoms with van der Waals surface area (Å²) >= 11 is 0. The molecule has 7 aromatic carbocycles. The van der Waals surface area contributed by atoms with Crippen LogP contribution in [-0.4, -0.2) is 19.9 Å². The standard InChI is InChI=1S/C44H26N4O2/c1-4-13-27(14-5-1)41-46-42(28-15-6-2-7-16-28)48-43(47-41)31-23-30-19-10-11-20-32(30)34(24-31)33-21-12-22-37-40(33)35-25-36-39(26-38(35)49-37)50-44(45-36)29-17-8-3-9-18-29/h1-26H. The maximum atomic E-state index is 6.47. The number of nitrogens with zero attached hydrogens (tertiary/aromatic N) is 4. The maximum absolute atomic E-state index is 6.47. The second-order valence-electron chi connectivity index (χ2n) is 12.3. The van der Waals surface area contributed by atoms with Crippen LogP contribution in [0.3, 0.4) is 0 Å². The van der Waals surface area contributed by atoms with Gasteiger partial charge in [0.1, 0.15) is 16.7 Å². The topological polar surface area (TPSA) is 77.8 Å². The molecule has 10 aromatic rings. The SMILES string of the molecule is c1ccc(-c2nc(-c3ccccc3)nc(-c3cc(-c4cccc5oc6cc7oc(-c8ccccc8)nc7cc6c45)c4ccccc4c3)n2)cc1. The van der Waals surface area contributed by atoms with E-state index in [1.165, 1.54) is 0 Å². The Balaban J connectivity index is 1.20. The lowest BCUT2D eigenvalue weighted by atomic mass is 9.92. The van der Waals surface area contributed by atoms with Gasteiger partial charge in [-0.05, 0) is 58.3 Å². The van der Waals surface area contributed by atoms with Crippen molar-refractivity contribution in [2.45, 2.75) is 0 Å². The minimum Gasteiger partial charge on any atom is -0.456 e. The van der Waals surface area contributed by atoms with Crippen LogP contribution in [0.2, 0.25) is 0 Å². The van der Waals surface area contributed by atoms with Crippen molar-refractivity contribution in [3.63, 3.8) is 0 Å². The summed E-state index contributed by atoms with van der Waals surface area (Å²) in [5, 5.41) is 4.19. The van der Waals surface area contributed by atoms with Gasteiger partial charge in [-0.1, -0.05) is 115 Å². The highest BCUT2D eigenvalue weighted by Crippen LogP contribution is 2.42. The lowest BCUT2D eigenvalue weighted by Gasteiger charge is -2.13. The van der Waals surface area contributed by atoms with Gasteiger partial charge >= 0.3 is 0 Å². The smallest absolute Gasteiger partial charge is 0.227 e. The van der Waals surface area contributed by atoms with Crippen molar-refractivity contribution < 1.29 is 8.83 Å². The van der Waals surface area contributed by atoms with Gasteiger partial charge in [0.15, 0.2) is 23.1 Å². The van der Waals surface area contributed by atoms with Crippen LogP contribution >= 0.6 is 0 Å². The van der Waals surface area contributed by atoms with Crippen LogP contribution in [0, 0.1) is 0 Å². The molecule has 0 fully saturated rings. The molecule has 0 radical (unpaired) electrons. The van der Waals surface area contributed by atoms with Crippen LogP contribution in [0.15, 0.2) is 167 Å². The van der Waals surface area contributed by atoms with E-state index in [9.17, 15) is 0 Å². The van der Waals surface area contributed by atoms with E-state index in [2.05, 4.69) is 48.5 Å². The van der Waals surface area contributed by atoms with Gasteiger partial charge in [0, 0.05) is 39.1 Å². The minimum atomic E-state index is 0.582. The third-order valence-electron chi connectivity index (χ3n) is 9.14. The molecule has 0 aliphatic heterocycles. The second kappa shape index (κ2) is 11.4. The molecule has 0 bridgehead atoms.